The van der Waals surface area contributed by atoms with Gasteiger partial charge in [-0.1, -0.05) is 20.8 Å². The molecule has 1 aliphatic heterocycles. The molecule has 5 nitrogen and oxygen atoms in total. The van der Waals surface area contributed by atoms with Gasteiger partial charge < -0.3 is 14.8 Å². The number of nitrogens with one attached hydrogen (secondary N) is 1. The lowest BCUT2D eigenvalue weighted by atomic mass is 9.81. The quantitative estimate of drug-likeness (QED) is 0.783. The second-order valence-corrected chi connectivity index (χ2v) is 5.03. The minimum Gasteiger partial charge on any atom is -0.453 e. The third-order valence-corrected chi connectivity index (χ3v) is 2.62. The molecule has 1 heterocycles. The van der Waals surface area contributed by atoms with Crippen LogP contribution in [0.25, 0.3) is 0 Å². The first-order valence-electron chi connectivity index (χ1n) is 5.33. The van der Waals surface area contributed by atoms with Crippen LogP contribution in [0.1, 0.15) is 20.8 Å². The highest BCUT2D eigenvalue weighted by Crippen LogP contribution is 2.24. The van der Waals surface area contributed by atoms with Gasteiger partial charge in [-0.2, -0.15) is 0 Å². The topological polar surface area (TPSA) is 64.6 Å². The van der Waals surface area contributed by atoms with Crippen LogP contribution < -0.4 is 5.32 Å². The summed E-state index contributed by atoms with van der Waals surface area (Å²) in [5, 5.41) is 2.58. The van der Waals surface area contributed by atoms with E-state index in [0.29, 0.717) is 13.2 Å². The average Bonchev–Trinajstić information content (AvgIpc) is 2.11. The summed E-state index contributed by atoms with van der Waals surface area (Å²) in [5.74, 6) is 0.0667. The maximum atomic E-state index is 12.1. The zero-order chi connectivity index (χ0) is 12.3. The Labute approximate surface area is 95.5 Å². The van der Waals surface area contributed by atoms with Crippen molar-refractivity contribution in [2.75, 3.05) is 20.3 Å². The van der Waals surface area contributed by atoms with Gasteiger partial charge in [0.25, 0.3) is 0 Å². The van der Waals surface area contributed by atoms with Gasteiger partial charge in [0.05, 0.1) is 26.4 Å². The van der Waals surface area contributed by atoms with E-state index in [1.807, 2.05) is 20.8 Å². The molecule has 0 radical (unpaired) electrons. The monoisotopic (exact) mass is 229 g/mol. The van der Waals surface area contributed by atoms with Crippen LogP contribution in [0.5, 0.6) is 0 Å². The molecule has 1 aliphatic rings. The fourth-order valence-corrected chi connectivity index (χ4v) is 1.50. The zero-order valence-electron chi connectivity index (χ0n) is 10.2. The Morgan fingerprint density at radius 2 is 1.94 bits per heavy atom. The average molecular weight is 229 g/mol. The molecule has 16 heavy (non-hydrogen) atoms. The van der Waals surface area contributed by atoms with Crippen molar-refractivity contribution in [3.05, 3.63) is 0 Å². The SMILES string of the molecule is COC(=O)NC(C(=O)C(C)(C)C)C1COC1. The number of rotatable bonds is 3. The molecule has 0 saturated carbocycles. The third-order valence-electron chi connectivity index (χ3n) is 2.62. The molecule has 5 heteroatoms. The van der Waals surface area contributed by atoms with Crippen molar-refractivity contribution in [3.8, 4) is 0 Å². The molecule has 1 N–H and O–H groups in total. The van der Waals surface area contributed by atoms with E-state index >= 15 is 0 Å². The van der Waals surface area contributed by atoms with Gasteiger partial charge in [-0.25, -0.2) is 4.79 Å². The predicted octanol–water partition coefficient (Wildman–Crippen LogP) is 0.973. The highest BCUT2D eigenvalue weighted by atomic mass is 16.5. The van der Waals surface area contributed by atoms with Gasteiger partial charge in [0, 0.05) is 11.3 Å². The van der Waals surface area contributed by atoms with Gasteiger partial charge >= 0.3 is 6.09 Å². The van der Waals surface area contributed by atoms with E-state index in [1.165, 1.54) is 7.11 Å². The fourth-order valence-electron chi connectivity index (χ4n) is 1.50. The maximum absolute atomic E-state index is 12.1. The largest absolute Gasteiger partial charge is 0.453 e. The van der Waals surface area contributed by atoms with Crippen LogP contribution in [-0.2, 0) is 14.3 Å². The number of carbonyl (C=O) groups is 2. The lowest BCUT2D eigenvalue weighted by molar-refractivity contribution is -0.135. The van der Waals surface area contributed by atoms with E-state index < -0.39 is 17.6 Å². The Balaban J connectivity index is 2.70. The normalized spacial score (nSPS) is 18.5. The van der Waals surface area contributed by atoms with Crippen molar-refractivity contribution < 1.29 is 19.1 Å². The number of ketones is 1. The summed E-state index contributed by atoms with van der Waals surface area (Å²) in [7, 11) is 1.28. The maximum Gasteiger partial charge on any atom is 0.407 e. The van der Waals surface area contributed by atoms with Crippen LogP contribution in [0.2, 0.25) is 0 Å². The standard InChI is InChI=1S/C11H19NO4/c1-11(2,3)9(13)8(7-5-16-6-7)12-10(14)15-4/h7-8H,5-6H2,1-4H3,(H,12,14). The molecule has 1 saturated heterocycles. The number of amides is 1. The van der Waals surface area contributed by atoms with Crippen LogP contribution >= 0.6 is 0 Å². The van der Waals surface area contributed by atoms with Gasteiger partial charge in [-0.15, -0.1) is 0 Å². The van der Waals surface area contributed by atoms with Crippen LogP contribution in [0.4, 0.5) is 4.79 Å². The summed E-state index contributed by atoms with van der Waals surface area (Å²) < 4.78 is 9.57. The van der Waals surface area contributed by atoms with Crippen molar-refractivity contribution in [1.29, 1.82) is 0 Å². The molecule has 0 bridgehead atoms. The predicted molar refractivity (Wildman–Crippen MR) is 58.1 cm³/mol. The Bertz CT molecular complexity index is 278. The van der Waals surface area contributed by atoms with E-state index in [9.17, 15) is 9.59 Å². The van der Waals surface area contributed by atoms with Crippen molar-refractivity contribution in [2.45, 2.75) is 26.8 Å². The molecule has 0 aromatic heterocycles. The van der Waals surface area contributed by atoms with Crippen LogP contribution in [0.3, 0.4) is 0 Å². The third kappa shape index (κ3) is 2.95. The van der Waals surface area contributed by atoms with Crippen LogP contribution in [0, 0.1) is 11.3 Å². The summed E-state index contributed by atoms with van der Waals surface area (Å²) >= 11 is 0. The van der Waals surface area contributed by atoms with Gasteiger partial charge in [0.15, 0.2) is 5.78 Å². The second kappa shape index (κ2) is 4.82. The lowest BCUT2D eigenvalue weighted by Crippen LogP contribution is -2.55. The molecule has 1 amide bonds. The van der Waals surface area contributed by atoms with Gasteiger partial charge in [0.2, 0.25) is 0 Å². The molecule has 1 rings (SSSR count). The summed E-state index contributed by atoms with van der Waals surface area (Å²) in [4.78, 5) is 23.3. The zero-order valence-corrected chi connectivity index (χ0v) is 10.2. The van der Waals surface area contributed by atoms with Gasteiger partial charge in [-0.3, -0.25) is 4.79 Å². The molecule has 1 fully saturated rings. The minimum atomic E-state index is -0.575. The summed E-state index contributed by atoms with van der Waals surface area (Å²) in [6.45, 7) is 6.52. The smallest absolute Gasteiger partial charge is 0.407 e. The summed E-state index contributed by atoms with van der Waals surface area (Å²) in [5.41, 5.74) is -0.485. The Hall–Kier alpha value is -1.10. The Morgan fingerprint density at radius 3 is 2.25 bits per heavy atom. The summed E-state index contributed by atoms with van der Waals surface area (Å²) in [6, 6.07) is -0.513. The number of carbonyl (C=O) groups excluding carboxylic acids is 2. The highest BCUT2D eigenvalue weighted by Gasteiger charge is 2.39. The second-order valence-electron chi connectivity index (χ2n) is 5.03. The number of ether oxygens (including phenoxy) is 2. The van der Waals surface area contributed by atoms with E-state index in [1.54, 1.807) is 0 Å². The molecular formula is C11H19NO4. The van der Waals surface area contributed by atoms with E-state index in [2.05, 4.69) is 10.1 Å². The first-order chi connectivity index (χ1) is 7.36. The number of hydrogen-bond acceptors (Lipinski definition) is 4. The molecule has 92 valence electrons. The first-order valence-corrected chi connectivity index (χ1v) is 5.33. The van der Waals surface area contributed by atoms with Crippen molar-refractivity contribution in [1.82, 2.24) is 5.32 Å². The van der Waals surface area contributed by atoms with Crippen LogP contribution in [0.15, 0.2) is 0 Å². The highest BCUT2D eigenvalue weighted by molar-refractivity contribution is 5.91. The molecule has 1 atom stereocenters. The van der Waals surface area contributed by atoms with E-state index in [-0.39, 0.29) is 11.7 Å². The molecular weight excluding hydrogens is 210 g/mol. The summed E-state index contributed by atoms with van der Waals surface area (Å²) in [6.07, 6.45) is -0.575. The Kier molecular flexibility index (Phi) is 3.91. The van der Waals surface area contributed by atoms with Gasteiger partial charge in [0.1, 0.15) is 0 Å². The molecule has 0 aromatic rings. The molecule has 1 unspecified atom stereocenters. The van der Waals surface area contributed by atoms with E-state index in [0.717, 1.165) is 0 Å². The van der Waals surface area contributed by atoms with Crippen molar-refractivity contribution in [3.63, 3.8) is 0 Å². The number of Topliss-reactive ketones (excluding diaryl/α,β-unsaturated/α-hetero) is 1. The molecule has 0 aromatic carbocycles. The van der Waals surface area contributed by atoms with E-state index in [4.69, 9.17) is 4.74 Å². The van der Waals surface area contributed by atoms with Crippen molar-refractivity contribution >= 4 is 11.9 Å². The number of alkyl carbamates (subject to hydrolysis) is 1. The molecule has 0 spiro atoms. The fraction of sp³-hybridized carbons (Fsp3) is 0.818. The Morgan fingerprint density at radius 1 is 1.38 bits per heavy atom. The lowest BCUT2D eigenvalue weighted by Gasteiger charge is -2.35. The van der Waals surface area contributed by atoms with Gasteiger partial charge in [-0.05, 0) is 0 Å². The minimum absolute atomic E-state index is 0.00574. The number of hydrogen-bond donors (Lipinski definition) is 1. The van der Waals surface area contributed by atoms with Crippen molar-refractivity contribution in [2.24, 2.45) is 11.3 Å². The first kappa shape index (κ1) is 13.0. The van der Waals surface area contributed by atoms with Crippen LogP contribution in [-0.4, -0.2) is 38.2 Å². The number of methoxy groups -OCH3 is 1. The molecule has 0 aliphatic carbocycles.